The smallest absolute Gasteiger partial charge is 0.127 e. The molecule has 10 aromatic rings. The van der Waals surface area contributed by atoms with Gasteiger partial charge in [-0.3, -0.25) is 10.3 Å². The zero-order valence-corrected chi connectivity index (χ0v) is 42.6. The standard InChI is InChI=1S/C66H59N3OS/c1-38-39(2)59-60-40(3)61(70)58(52-35-50(45-22-14-10-15-23-45)34-51(36-52)46-24-16-11-17-25-46)42(5)63(60)71-62(59)41(4)57(38)65(69-64(67)48-30-28-47(29-31-48)44-20-12-9-13-21-44)68-43(6)49-32-33-54-53-26-18-19-27-55(53)66(7,8)56(54)37-49/h9-37,64-65,69-70H,67H2,1-8H3/b68-43+. The molecule has 71 heavy (non-hydrogen) atoms. The van der Waals surface area contributed by atoms with E-state index >= 15 is 0 Å². The summed E-state index contributed by atoms with van der Waals surface area (Å²) in [5, 5.41) is 18.7. The fraction of sp³-hybridized carbons (Fsp3) is 0.167. The Morgan fingerprint density at radius 2 is 1.03 bits per heavy atom. The lowest BCUT2D eigenvalue weighted by molar-refractivity contribution is 0.463. The van der Waals surface area contributed by atoms with Crippen LogP contribution in [0.5, 0.6) is 5.75 Å². The van der Waals surface area contributed by atoms with Crippen LogP contribution in [-0.4, -0.2) is 10.8 Å². The summed E-state index contributed by atoms with van der Waals surface area (Å²) >= 11 is 1.82. The highest BCUT2D eigenvalue weighted by atomic mass is 32.1. The van der Waals surface area contributed by atoms with Crippen molar-refractivity contribution in [3.63, 3.8) is 0 Å². The van der Waals surface area contributed by atoms with Crippen LogP contribution in [0.4, 0.5) is 0 Å². The molecule has 1 aliphatic rings. The van der Waals surface area contributed by atoms with E-state index in [2.05, 4.69) is 231 Å². The van der Waals surface area contributed by atoms with E-state index in [1.54, 1.807) is 0 Å². The molecule has 0 spiro atoms. The van der Waals surface area contributed by atoms with Crippen LogP contribution in [0.3, 0.4) is 0 Å². The lowest BCUT2D eigenvalue weighted by Gasteiger charge is -2.26. The van der Waals surface area contributed by atoms with E-state index in [1.807, 2.05) is 17.4 Å². The zero-order valence-electron chi connectivity index (χ0n) is 41.8. The topological polar surface area (TPSA) is 70.6 Å². The van der Waals surface area contributed by atoms with Gasteiger partial charge >= 0.3 is 0 Å². The van der Waals surface area contributed by atoms with Crippen LogP contribution in [0.1, 0.15) is 88.7 Å². The molecule has 1 aliphatic carbocycles. The molecule has 4 N–H and O–H groups in total. The van der Waals surface area contributed by atoms with E-state index in [4.69, 9.17) is 10.7 Å². The van der Waals surface area contributed by atoms with Gasteiger partial charge in [0.05, 0.1) is 6.17 Å². The maximum Gasteiger partial charge on any atom is 0.127 e. The molecule has 1 aromatic heterocycles. The van der Waals surface area contributed by atoms with Crippen molar-refractivity contribution in [1.29, 1.82) is 0 Å². The third kappa shape index (κ3) is 7.90. The highest BCUT2D eigenvalue weighted by molar-refractivity contribution is 7.26. The first-order valence-electron chi connectivity index (χ1n) is 24.7. The summed E-state index contributed by atoms with van der Waals surface area (Å²) in [4.78, 5) is 5.65. The number of nitrogens with two attached hydrogens (primary N) is 1. The van der Waals surface area contributed by atoms with Crippen LogP contribution >= 0.6 is 11.3 Å². The van der Waals surface area contributed by atoms with Gasteiger partial charge in [0.1, 0.15) is 11.9 Å². The quantitative estimate of drug-likeness (QED) is 0.0945. The average Bonchev–Trinajstić information content (AvgIpc) is 3.92. The number of rotatable bonds is 10. The molecule has 0 radical (unpaired) electrons. The first kappa shape index (κ1) is 46.0. The number of benzene rings is 9. The van der Waals surface area contributed by atoms with Gasteiger partial charge in [0.25, 0.3) is 0 Å². The van der Waals surface area contributed by atoms with E-state index in [0.29, 0.717) is 5.75 Å². The molecule has 5 heteroatoms. The molecule has 0 aliphatic heterocycles. The second-order valence-electron chi connectivity index (χ2n) is 20.0. The first-order chi connectivity index (χ1) is 34.3. The number of nitrogens with one attached hydrogen (secondary N) is 1. The molecule has 4 nitrogen and oxygen atoms in total. The van der Waals surface area contributed by atoms with Gasteiger partial charge in [0.15, 0.2) is 0 Å². The van der Waals surface area contributed by atoms with E-state index in [-0.39, 0.29) is 5.41 Å². The molecule has 0 bridgehead atoms. The molecule has 2 atom stereocenters. The van der Waals surface area contributed by atoms with Gasteiger partial charge in [-0.2, -0.15) is 0 Å². The molecule has 1 heterocycles. The molecule has 0 amide bonds. The van der Waals surface area contributed by atoms with Crippen LogP contribution in [0, 0.1) is 34.6 Å². The lowest BCUT2D eigenvalue weighted by Crippen LogP contribution is -2.33. The Kier molecular flexibility index (Phi) is 11.7. The highest BCUT2D eigenvalue weighted by Crippen LogP contribution is 2.52. The summed E-state index contributed by atoms with van der Waals surface area (Å²) in [5.41, 5.74) is 30.6. The Morgan fingerprint density at radius 3 is 1.65 bits per heavy atom. The van der Waals surface area contributed by atoms with Crippen molar-refractivity contribution in [2.75, 3.05) is 0 Å². The van der Waals surface area contributed by atoms with Crippen LogP contribution in [0.25, 0.3) is 75.8 Å². The Balaban J connectivity index is 1.06. The zero-order chi connectivity index (χ0) is 49.3. The summed E-state index contributed by atoms with van der Waals surface area (Å²) in [6.07, 6.45) is -0.989. The van der Waals surface area contributed by atoms with E-state index < -0.39 is 12.3 Å². The number of thiophene rings is 1. The van der Waals surface area contributed by atoms with Crippen LogP contribution in [0.2, 0.25) is 0 Å². The number of fused-ring (bicyclic) bond motifs is 6. The first-order valence-corrected chi connectivity index (χ1v) is 25.5. The minimum atomic E-state index is -0.511. The molecule has 11 rings (SSSR count). The monoisotopic (exact) mass is 941 g/mol. The molecular formula is C66H59N3OS. The second-order valence-corrected chi connectivity index (χ2v) is 21.0. The number of aryl methyl sites for hydroxylation is 4. The third-order valence-corrected chi connectivity index (χ3v) is 16.9. The Hall–Kier alpha value is -7.41. The predicted octanol–water partition coefficient (Wildman–Crippen LogP) is 17.0. The largest absolute Gasteiger partial charge is 0.507 e. The van der Waals surface area contributed by atoms with Gasteiger partial charge in [-0.25, -0.2) is 0 Å². The van der Waals surface area contributed by atoms with Gasteiger partial charge < -0.3 is 10.8 Å². The summed E-state index contributed by atoms with van der Waals surface area (Å²) in [6, 6.07) is 62.4. The minimum Gasteiger partial charge on any atom is -0.507 e. The van der Waals surface area contributed by atoms with E-state index in [0.717, 1.165) is 89.0 Å². The van der Waals surface area contributed by atoms with Crippen LogP contribution in [0.15, 0.2) is 181 Å². The summed E-state index contributed by atoms with van der Waals surface area (Å²) in [5.74, 6) is 0.322. The van der Waals surface area contributed by atoms with Crippen molar-refractivity contribution in [1.82, 2.24) is 5.32 Å². The fourth-order valence-corrected chi connectivity index (χ4v) is 12.8. The number of aliphatic imine (C=N–C) groups is 1. The molecule has 0 saturated carbocycles. The SMILES string of the molecule is C/C(=N\C(NC(N)c1ccc(-c2ccccc2)cc1)c1c(C)c(C)c2c(sc3c(C)c(-c4cc(-c5ccccc5)cc(-c5ccccc5)c4)c(O)c(C)c32)c1C)c1ccc2c(c1)C(C)(C)c1ccccc1-2. The number of hydrogen-bond donors (Lipinski definition) is 3. The average molecular weight is 942 g/mol. The Bertz CT molecular complexity index is 3660. The third-order valence-electron chi connectivity index (χ3n) is 15.4. The normalized spacial score (nSPS) is 13.9. The van der Waals surface area contributed by atoms with Gasteiger partial charge in [-0.15, -0.1) is 11.3 Å². The maximum absolute atomic E-state index is 12.5. The molecule has 0 saturated heterocycles. The molecule has 2 unspecified atom stereocenters. The predicted molar refractivity (Wildman–Crippen MR) is 302 cm³/mol. The molecule has 0 fully saturated rings. The van der Waals surface area contributed by atoms with Crippen molar-refractivity contribution < 1.29 is 5.11 Å². The van der Waals surface area contributed by atoms with Crippen LogP contribution < -0.4 is 11.1 Å². The maximum atomic E-state index is 12.5. The Labute approximate surface area is 422 Å². The number of aromatic hydroxyl groups is 1. The minimum absolute atomic E-state index is 0.135. The summed E-state index contributed by atoms with van der Waals surface area (Å²) in [7, 11) is 0. The van der Waals surface area contributed by atoms with Crippen molar-refractivity contribution in [3.8, 4) is 61.4 Å². The summed E-state index contributed by atoms with van der Waals surface area (Å²) < 4.78 is 2.38. The van der Waals surface area contributed by atoms with Crippen molar-refractivity contribution in [2.24, 2.45) is 10.7 Å². The second kappa shape index (κ2) is 18.1. The van der Waals surface area contributed by atoms with Crippen molar-refractivity contribution in [2.45, 2.75) is 73.1 Å². The highest BCUT2D eigenvalue weighted by Gasteiger charge is 2.35. The van der Waals surface area contributed by atoms with Crippen molar-refractivity contribution in [3.05, 3.63) is 232 Å². The molecule has 9 aromatic carbocycles. The van der Waals surface area contributed by atoms with E-state index in [9.17, 15) is 5.11 Å². The Morgan fingerprint density at radius 1 is 0.521 bits per heavy atom. The van der Waals surface area contributed by atoms with Gasteiger partial charge in [-0.1, -0.05) is 166 Å². The number of hydrogen-bond acceptors (Lipinski definition) is 5. The fourth-order valence-electron chi connectivity index (χ4n) is 11.4. The summed E-state index contributed by atoms with van der Waals surface area (Å²) in [6.45, 7) is 17.8. The van der Waals surface area contributed by atoms with Gasteiger partial charge in [0.2, 0.25) is 0 Å². The van der Waals surface area contributed by atoms with Gasteiger partial charge in [0, 0.05) is 42.4 Å². The lowest BCUT2D eigenvalue weighted by atomic mass is 9.82. The van der Waals surface area contributed by atoms with Crippen LogP contribution in [-0.2, 0) is 5.41 Å². The van der Waals surface area contributed by atoms with E-state index in [1.165, 1.54) is 48.2 Å². The number of nitrogens with zero attached hydrogens (tertiary/aromatic N) is 1. The molecular weight excluding hydrogens is 883 g/mol. The van der Waals surface area contributed by atoms with Gasteiger partial charge in [-0.05, 0) is 166 Å². The number of phenolic OH excluding ortho intramolecular Hbond substituents is 1. The van der Waals surface area contributed by atoms with Crippen molar-refractivity contribution >= 4 is 37.2 Å². The molecule has 350 valence electrons. The number of phenols is 1.